The van der Waals surface area contributed by atoms with Gasteiger partial charge in [-0.15, -0.1) is 11.3 Å². The van der Waals surface area contributed by atoms with Gasteiger partial charge in [-0.3, -0.25) is 14.9 Å². The molecule has 0 unspecified atom stereocenters. The summed E-state index contributed by atoms with van der Waals surface area (Å²) in [6.07, 6.45) is 0. The van der Waals surface area contributed by atoms with Crippen molar-refractivity contribution in [2.45, 2.75) is 0 Å². The molecule has 0 aliphatic carbocycles. The maximum Gasteiger partial charge on any atom is 0.275 e. The number of aromatic hydroxyl groups is 1. The number of nitro benzene ring substituents is 1. The Morgan fingerprint density at radius 3 is 2.79 bits per heavy atom. The van der Waals surface area contributed by atoms with Gasteiger partial charge in [0.1, 0.15) is 11.4 Å². The predicted molar refractivity (Wildman–Crippen MR) is 69.2 cm³/mol. The van der Waals surface area contributed by atoms with Crippen LogP contribution in [0.1, 0.15) is 10.5 Å². The van der Waals surface area contributed by atoms with Crippen LogP contribution in [-0.4, -0.2) is 20.9 Å². The number of anilines is 2. The second-order valence-electron chi connectivity index (χ2n) is 3.48. The summed E-state index contributed by atoms with van der Waals surface area (Å²) in [5.74, 6) is -0.956. The number of nitrogens with zero attached hydrogens (tertiary/aromatic N) is 2. The van der Waals surface area contributed by atoms with Gasteiger partial charge in [0, 0.05) is 11.4 Å². The SMILES string of the molecule is Nc1nc(C(=O)Nc2ccc([N+](=O)[O-])cc2O)cs1. The molecule has 0 spiro atoms. The van der Waals surface area contributed by atoms with Crippen LogP contribution in [0.4, 0.5) is 16.5 Å². The Kier molecular flexibility index (Phi) is 3.29. The number of nitrogens with one attached hydrogen (secondary N) is 1. The molecule has 0 saturated heterocycles. The number of hydrogen-bond donors (Lipinski definition) is 3. The lowest BCUT2D eigenvalue weighted by Crippen LogP contribution is -2.12. The molecule has 1 aromatic heterocycles. The highest BCUT2D eigenvalue weighted by Crippen LogP contribution is 2.28. The van der Waals surface area contributed by atoms with Gasteiger partial charge in [0.05, 0.1) is 16.7 Å². The molecular weight excluding hydrogens is 272 g/mol. The van der Waals surface area contributed by atoms with Crippen molar-refractivity contribution in [3.05, 3.63) is 39.4 Å². The second kappa shape index (κ2) is 4.90. The van der Waals surface area contributed by atoms with Crippen LogP contribution in [0.5, 0.6) is 5.75 Å². The third kappa shape index (κ3) is 2.77. The minimum absolute atomic E-state index is 0.0576. The van der Waals surface area contributed by atoms with E-state index in [-0.39, 0.29) is 22.2 Å². The number of rotatable bonds is 3. The zero-order valence-electron chi connectivity index (χ0n) is 9.36. The number of nitrogens with two attached hydrogens (primary N) is 1. The van der Waals surface area contributed by atoms with Crippen LogP contribution in [-0.2, 0) is 0 Å². The molecule has 1 aromatic carbocycles. The number of amides is 1. The molecular formula is C10H8N4O4S. The van der Waals surface area contributed by atoms with Crippen molar-refractivity contribution in [2.24, 2.45) is 0 Å². The predicted octanol–water partition coefficient (Wildman–Crippen LogP) is 1.59. The zero-order chi connectivity index (χ0) is 14.0. The summed E-state index contributed by atoms with van der Waals surface area (Å²) in [6.45, 7) is 0. The lowest BCUT2D eigenvalue weighted by molar-refractivity contribution is -0.384. The fourth-order valence-electron chi connectivity index (χ4n) is 1.32. The number of non-ortho nitro benzene ring substituents is 1. The van der Waals surface area contributed by atoms with Crippen LogP contribution in [0.25, 0.3) is 0 Å². The average Bonchev–Trinajstić information content (AvgIpc) is 2.78. The number of hydrogen-bond acceptors (Lipinski definition) is 7. The van der Waals surface area contributed by atoms with Crippen molar-refractivity contribution in [2.75, 3.05) is 11.1 Å². The van der Waals surface area contributed by atoms with E-state index in [2.05, 4.69) is 10.3 Å². The number of phenolic OH excluding ortho intramolecular Hbond substituents is 1. The maximum atomic E-state index is 11.7. The molecule has 0 bridgehead atoms. The van der Waals surface area contributed by atoms with Gasteiger partial charge in [0.15, 0.2) is 5.13 Å². The minimum atomic E-state index is -0.646. The summed E-state index contributed by atoms with van der Waals surface area (Å²) in [5, 5.41) is 24.2. The van der Waals surface area contributed by atoms with E-state index in [4.69, 9.17) is 5.73 Å². The smallest absolute Gasteiger partial charge is 0.275 e. The Morgan fingerprint density at radius 1 is 1.53 bits per heavy atom. The van der Waals surface area contributed by atoms with E-state index in [1.165, 1.54) is 17.5 Å². The van der Waals surface area contributed by atoms with Crippen LogP contribution in [0.15, 0.2) is 23.6 Å². The summed E-state index contributed by atoms with van der Waals surface area (Å²) in [7, 11) is 0. The molecule has 0 atom stereocenters. The van der Waals surface area contributed by atoms with Crippen molar-refractivity contribution in [3.63, 3.8) is 0 Å². The summed E-state index contributed by atoms with van der Waals surface area (Å²) >= 11 is 1.11. The first-order valence-corrected chi connectivity index (χ1v) is 5.85. The number of carbonyl (C=O) groups excluding carboxylic acids is 1. The largest absolute Gasteiger partial charge is 0.506 e. The number of phenols is 1. The monoisotopic (exact) mass is 280 g/mol. The molecule has 1 amide bonds. The van der Waals surface area contributed by atoms with Crippen LogP contribution in [0.2, 0.25) is 0 Å². The van der Waals surface area contributed by atoms with Crippen molar-refractivity contribution in [1.29, 1.82) is 0 Å². The lowest BCUT2D eigenvalue weighted by Gasteiger charge is -2.05. The van der Waals surface area contributed by atoms with Crippen molar-refractivity contribution in [3.8, 4) is 5.75 Å². The molecule has 4 N–H and O–H groups in total. The second-order valence-corrected chi connectivity index (χ2v) is 4.37. The molecule has 2 aromatic rings. The number of benzene rings is 1. The number of carbonyl (C=O) groups is 1. The molecule has 98 valence electrons. The third-order valence-electron chi connectivity index (χ3n) is 2.19. The first kappa shape index (κ1) is 12.8. The van der Waals surface area contributed by atoms with Gasteiger partial charge in [-0.25, -0.2) is 4.98 Å². The Labute approximate surface area is 110 Å². The van der Waals surface area contributed by atoms with Crippen molar-refractivity contribution < 1.29 is 14.8 Å². The van der Waals surface area contributed by atoms with Gasteiger partial charge in [0.2, 0.25) is 0 Å². The third-order valence-corrected chi connectivity index (χ3v) is 2.87. The summed E-state index contributed by atoms with van der Waals surface area (Å²) in [6, 6.07) is 3.36. The molecule has 0 aliphatic rings. The zero-order valence-corrected chi connectivity index (χ0v) is 10.2. The van der Waals surface area contributed by atoms with E-state index in [1.807, 2.05) is 0 Å². The van der Waals surface area contributed by atoms with Gasteiger partial charge in [-0.1, -0.05) is 0 Å². The fourth-order valence-corrected chi connectivity index (χ4v) is 1.86. The molecule has 0 fully saturated rings. The van der Waals surface area contributed by atoms with Crippen molar-refractivity contribution in [1.82, 2.24) is 4.98 Å². The average molecular weight is 280 g/mol. The first-order chi connectivity index (χ1) is 8.97. The number of nitro groups is 1. The highest BCUT2D eigenvalue weighted by molar-refractivity contribution is 7.13. The Bertz CT molecular complexity index is 655. The molecule has 0 saturated carbocycles. The Balaban J connectivity index is 2.20. The topological polar surface area (TPSA) is 131 Å². The summed E-state index contributed by atoms with van der Waals surface area (Å²) in [4.78, 5) is 25.4. The minimum Gasteiger partial charge on any atom is -0.506 e. The maximum absolute atomic E-state index is 11.7. The molecule has 8 nitrogen and oxygen atoms in total. The first-order valence-electron chi connectivity index (χ1n) is 4.97. The van der Waals surface area contributed by atoms with Gasteiger partial charge in [-0.2, -0.15) is 0 Å². The highest BCUT2D eigenvalue weighted by Gasteiger charge is 2.14. The van der Waals surface area contributed by atoms with Crippen LogP contribution >= 0.6 is 11.3 Å². The summed E-state index contributed by atoms with van der Waals surface area (Å²) in [5.41, 5.74) is 5.29. The van der Waals surface area contributed by atoms with Gasteiger partial charge < -0.3 is 16.2 Å². The van der Waals surface area contributed by atoms with Crippen LogP contribution < -0.4 is 11.1 Å². The Hall–Kier alpha value is -2.68. The van der Waals surface area contributed by atoms with Gasteiger partial charge in [-0.05, 0) is 6.07 Å². The summed E-state index contributed by atoms with van der Waals surface area (Å²) < 4.78 is 0. The number of nitrogen functional groups attached to an aromatic ring is 1. The molecule has 1 heterocycles. The van der Waals surface area contributed by atoms with E-state index >= 15 is 0 Å². The molecule has 2 rings (SSSR count). The normalized spacial score (nSPS) is 10.1. The van der Waals surface area contributed by atoms with E-state index in [0.29, 0.717) is 0 Å². The fraction of sp³-hybridized carbons (Fsp3) is 0. The number of aromatic nitrogens is 1. The standard InChI is InChI=1S/C10H8N4O4S/c11-10-13-7(4-19-10)9(16)12-6-2-1-5(14(17)18)3-8(6)15/h1-4,15H,(H2,11,13)(H,12,16). The highest BCUT2D eigenvalue weighted by atomic mass is 32.1. The number of thiazole rings is 1. The molecule has 0 radical (unpaired) electrons. The Morgan fingerprint density at radius 2 is 2.26 bits per heavy atom. The van der Waals surface area contributed by atoms with E-state index in [1.54, 1.807) is 0 Å². The lowest BCUT2D eigenvalue weighted by atomic mass is 10.2. The van der Waals surface area contributed by atoms with Crippen LogP contribution in [0.3, 0.4) is 0 Å². The van der Waals surface area contributed by atoms with E-state index < -0.39 is 16.6 Å². The molecule has 0 aliphatic heterocycles. The van der Waals surface area contributed by atoms with Crippen molar-refractivity contribution >= 4 is 33.8 Å². The van der Waals surface area contributed by atoms with E-state index in [9.17, 15) is 20.0 Å². The van der Waals surface area contributed by atoms with Gasteiger partial charge >= 0.3 is 0 Å². The van der Waals surface area contributed by atoms with E-state index in [0.717, 1.165) is 17.4 Å². The van der Waals surface area contributed by atoms with Gasteiger partial charge in [0.25, 0.3) is 11.6 Å². The van der Waals surface area contributed by atoms with Crippen LogP contribution in [0, 0.1) is 10.1 Å². The molecule has 19 heavy (non-hydrogen) atoms. The quantitative estimate of drug-likeness (QED) is 0.444. The molecule has 9 heteroatoms.